The molecule has 0 bridgehead atoms. The van der Waals surface area contributed by atoms with Crippen LogP contribution in [0.15, 0.2) is 24.3 Å². The fourth-order valence-corrected chi connectivity index (χ4v) is 3.00. The Kier molecular flexibility index (Phi) is 2.83. The van der Waals surface area contributed by atoms with Crippen molar-refractivity contribution in [3.05, 3.63) is 35.4 Å². The van der Waals surface area contributed by atoms with E-state index >= 15 is 0 Å². The Morgan fingerprint density at radius 2 is 2.00 bits per heavy atom. The van der Waals surface area contributed by atoms with Gasteiger partial charge in [0.05, 0.1) is 0 Å². The lowest BCUT2D eigenvalue weighted by Crippen LogP contribution is -2.47. The van der Waals surface area contributed by atoms with E-state index in [1.165, 1.54) is 30.4 Å². The highest BCUT2D eigenvalue weighted by Gasteiger charge is 2.43. The van der Waals surface area contributed by atoms with Crippen molar-refractivity contribution in [3.63, 3.8) is 0 Å². The van der Waals surface area contributed by atoms with Gasteiger partial charge in [-0.1, -0.05) is 37.6 Å². The van der Waals surface area contributed by atoms with Crippen LogP contribution in [0.3, 0.4) is 0 Å². The minimum atomic E-state index is 0.298. The Balaban J connectivity index is 2.26. The van der Waals surface area contributed by atoms with Crippen LogP contribution in [0.2, 0.25) is 0 Å². The van der Waals surface area contributed by atoms with E-state index in [4.69, 9.17) is 5.73 Å². The standard InChI is InChI=1S/C14H21N/c1-3-12-8-14(9-12,10-15)13-7-5-4-6-11(13)2/h4-7,12H,3,8-10,15H2,1-2H3. The Labute approximate surface area is 92.7 Å². The first-order valence-electron chi connectivity index (χ1n) is 5.98. The summed E-state index contributed by atoms with van der Waals surface area (Å²) in [7, 11) is 0. The summed E-state index contributed by atoms with van der Waals surface area (Å²) in [6, 6.07) is 8.71. The topological polar surface area (TPSA) is 26.0 Å². The van der Waals surface area contributed by atoms with E-state index in [-0.39, 0.29) is 0 Å². The van der Waals surface area contributed by atoms with Crippen LogP contribution in [0.25, 0.3) is 0 Å². The van der Waals surface area contributed by atoms with Crippen molar-refractivity contribution in [1.82, 2.24) is 0 Å². The highest BCUT2D eigenvalue weighted by atomic mass is 14.6. The Morgan fingerprint density at radius 1 is 1.33 bits per heavy atom. The second-order valence-corrected chi connectivity index (χ2v) is 4.98. The highest BCUT2D eigenvalue weighted by Crippen LogP contribution is 2.49. The van der Waals surface area contributed by atoms with Gasteiger partial charge in [-0.2, -0.15) is 0 Å². The summed E-state index contributed by atoms with van der Waals surface area (Å²) < 4.78 is 0. The van der Waals surface area contributed by atoms with E-state index in [1.807, 2.05) is 0 Å². The maximum atomic E-state index is 5.99. The zero-order chi connectivity index (χ0) is 10.9. The van der Waals surface area contributed by atoms with Gasteiger partial charge in [0.1, 0.15) is 0 Å². The normalized spacial score (nSPS) is 29.9. The van der Waals surface area contributed by atoms with Crippen molar-refractivity contribution in [2.45, 2.75) is 38.5 Å². The summed E-state index contributed by atoms with van der Waals surface area (Å²) in [5.74, 6) is 0.896. The van der Waals surface area contributed by atoms with Crippen LogP contribution in [0.1, 0.15) is 37.3 Å². The van der Waals surface area contributed by atoms with Gasteiger partial charge in [-0.05, 0) is 36.8 Å². The molecule has 0 aliphatic heterocycles. The van der Waals surface area contributed by atoms with Crippen LogP contribution in [0.4, 0.5) is 0 Å². The largest absolute Gasteiger partial charge is 0.330 e. The first kappa shape index (κ1) is 10.7. The average molecular weight is 203 g/mol. The van der Waals surface area contributed by atoms with Gasteiger partial charge in [-0.3, -0.25) is 0 Å². The minimum absolute atomic E-state index is 0.298. The molecule has 1 aromatic rings. The predicted octanol–water partition coefficient (Wildman–Crippen LogP) is 3.01. The van der Waals surface area contributed by atoms with E-state index in [0.29, 0.717) is 5.41 Å². The molecule has 2 N–H and O–H groups in total. The molecule has 0 aromatic heterocycles. The third-order valence-corrected chi connectivity index (χ3v) is 4.04. The smallest absolute Gasteiger partial charge is 0.00834 e. The van der Waals surface area contributed by atoms with Crippen LogP contribution in [-0.2, 0) is 5.41 Å². The summed E-state index contributed by atoms with van der Waals surface area (Å²) in [6.45, 7) is 5.28. The van der Waals surface area contributed by atoms with Crippen molar-refractivity contribution < 1.29 is 0 Å². The maximum absolute atomic E-state index is 5.99. The molecule has 0 saturated heterocycles. The molecule has 1 fully saturated rings. The van der Waals surface area contributed by atoms with Gasteiger partial charge in [0.25, 0.3) is 0 Å². The molecule has 1 saturated carbocycles. The number of hydrogen-bond donors (Lipinski definition) is 1. The summed E-state index contributed by atoms with van der Waals surface area (Å²) in [6.07, 6.45) is 3.86. The Bertz CT molecular complexity index is 337. The van der Waals surface area contributed by atoms with Crippen molar-refractivity contribution in [2.75, 3.05) is 6.54 Å². The third-order valence-electron chi connectivity index (χ3n) is 4.04. The van der Waals surface area contributed by atoms with Crippen molar-refractivity contribution >= 4 is 0 Å². The quantitative estimate of drug-likeness (QED) is 0.803. The van der Waals surface area contributed by atoms with Gasteiger partial charge < -0.3 is 5.73 Å². The van der Waals surface area contributed by atoms with Gasteiger partial charge in [-0.25, -0.2) is 0 Å². The number of aryl methyl sites for hydroxylation is 1. The molecule has 1 aliphatic rings. The molecule has 0 atom stereocenters. The molecule has 0 spiro atoms. The monoisotopic (exact) mass is 203 g/mol. The third kappa shape index (κ3) is 1.69. The molecular formula is C14H21N. The summed E-state index contributed by atoms with van der Waals surface area (Å²) in [5, 5.41) is 0. The SMILES string of the molecule is CCC1CC(CN)(c2ccccc2C)C1. The predicted molar refractivity (Wildman–Crippen MR) is 64.9 cm³/mol. The molecule has 1 aliphatic carbocycles. The number of benzene rings is 1. The molecule has 0 radical (unpaired) electrons. The molecule has 0 unspecified atom stereocenters. The lowest BCUT2D eigenvalue weighted by molar-refractivity contribution is 0.144. The van der Waals surface area contributed by atoms with Crippen LogP contribution < -0.4 is 5.73 Å². The molecule has 2 rings (SSSR count). The van der Waals surface area contributed by atoms with E-state index in [1.54, 1.807) is 0 Å². The summed E-state index contributed by atoms with van der Waals surface area (Å²) in [4.78, 5) is 0. The lowest BCUT2D eigenvalue weighted by atomic mass is 9.57. The highest BCUT2D eigenvalue weighted by molar-refractivity contribution is 5.36. The number of hydrogen-bond acceptors (Lipinski definition) is 1. The first-order valence-corrected chi connectivity index (χ1v) is 5.98. The fraction of sp³-hybridized carbons (Fsp3) is 0.571. The van der Waals surface area contributed by atoms with Gasteiger partial charge >= 0.3 is 0 Å². The number of rotatable bonds is 3. The van der Waals surface area contributed by atoms with E-state index in [0.717, 1.165) is 12.5 Å². The van der Waals surface area contributed by atoms with Crippen LogP contribution in [0.5, 0.6) is 0 Å². The van der Waals surface area contributed by atoms with Crippen LogP contribution in [-0.4, -0.2) is 6.54 Å². The molecule has 0 amide bonds. The Hall–Kier alpha value is -0.820. The van der Waals surface area contributed by atoms with Gasteiger partial charge in [-0.15, -0.1) is 0 Å². The Morgan fingerprint density at radius 3 is 2.53 bits per heavy atom. The first-order chi connectivity index (χ1) is 7.22. The maximum Gasteiger partial charge on any atom is 0.00834 e. The van der Waals surface area contributed by atoms with Gasteiger partial charge in [0.2, 0.25) is 0 Å². The van der Waals surface area contributed by atoms with Crippen molar-refractivity contribution in [2.24, 2.45) is 11.7 Å². The summed E-state index contributed by atoms with van der Waals surface area (Å²) >= 11 is 0. The molecule has 1 aromatic carbocycles. The van der Waals surface area contributed by atoms with E-state index in [9.17, 15) is 0 Å². The molecule has 15 heavy (non-hydrogen) atoms. The van der Waals surface area contributed by atoms with Crippen LogP contribution in [0, 0.1) is 12.8 Å². The fourth-order valence-electron chi connectivity index (χ4n) is 3.00. The minimum Gasteiger partial charge on any atom is -0.330 e. The van der Waals surface area contributed by atoms with Crippen molar-refractivity contribution in [1.29, 1.82) is 0 Å². The number of nitrogens with two attached hydrogens (primary N) is 1. The lowest BCUT2D eigenvalue weighted by Gasteiger charge is -2.48. The van der Waals surface area contributed by atoms with Crippen molar-refractivity contribution in [3.8, 4) is 0 Å². The molecular weight excluding hydrogens is 182 g/mol. The zero-order valence-corrected chi connectivity index (χ0v) is 9.79. The summed E-state index contributed by atoms with van der Waals surface area (Å²) in [5.41, 5.74) is 9.17. The van der Waals surface area contributed by atoms with Gasteiger partial charge in [0.15, 0.2) is 0 Å². The second kappa shape index (κ2) is 3.97. The second-order valence-electron chi connectivity index (χ2n) is 4.98. The molecule has 1 nitrogen and oxygen atoms in total. The van der Waals surface area contributed by atoms with Gasteiger partial charge in [0, 0.05) is 12.0 Å². The zero-order valence-electron chi connectivity index (χ0n) is 9.79. The average Bonchev–Trinajstić information content (AvgIpc) is 2.20. The van der Waals surface area contributed by atoms with E-state index in [2.05, 4.69) is 38.1 Å². The molecule has 0 heterocycles. The molecule has 82 valence electrons. The van der Waals surface area contributed by atoms with E-state index < -0.39 is 0 Å². The van der Waals surface area contributed by atoms with Crippen LogP contribution >= 0.6 is 0 Å². The molecule has 1 heteroatoms.